The Kier molecular flexibility index (Phi) is 3.70. The quantitative estimate of drug-likeness (QED) is 0.337. The Morgan fingerprint density at radius 1 is 0.625 bits per heavy atom. The van der Waals surface area contributed by atoms with E-state index in [-0.39, 0.29) is 40.3 Å². The summed E-state index contributed by atoms with van der Waals surface area (Å²) in [4.78, 5) is 58.8. The second-order valence-electron chi connectivity index (χ2n) is 7.83. The van der Waals surface area contributed by atoms with Gasteiger partial charge in [0.25, 0.3) is 11.8 Å². The third-order valence-electron chi connectivity index (χ3n) is 5.94. The number of aromatic amines is 2. The standard InChI is InChI=1S/C25H15N3O4/c29-22-16-7-3-4-8-18(16)26-21-20(22)27-19-10-9-13(11-17(19)23(21)30)12-28-24(31)14-5-1-2-6-15(14)25(28)32/h1-11H,12H2,(H,26,29)(H,27,30). The summed E-state index contributed by atoms with van der Waals surface area (Å²) in [6.45, 7) is 0.0496. The number of benzene rings is 3. The summed E-state index contributed by atoms with van der Waals surface area (Å²) >= 11 is 0. The first-order valence-electron chi connectivity index (χ1n) is 10.1. The zero-order valence-electron chi connectivity index (χ0n) is 16.6. The minimum absolute atomic E-state index is 0.0496. The predicted octanol–water partition coefficient (Wildman–Crippen LogP) is 3.32. The number of para-hydroxylation sites is 1. The van der Waals surface area contributed by atoms with Crippen molar-refractivity contribution in [3.63, 3.8) is 0 Å². The molecule has 0 unspecified atom stereocenters. The highest BCUT2D eigenvalue weighted by atomic mass is 16.2. The molecule has 1 aliphatic heterocycles. The van der Waals surface area contributed by atoms with Crippen LogP contribution in [0.15, 0.2) is 76.3 Å². The second-order valence-corrected chi connectivity index (χ2v) is 7.83. The van der Waals surface area contributed by atoms with Crippen molar-refractivity contribution in [3.05, 3.63) is 104 Å². The Labute approximate surface area is 179 Å². The van der Waals surface area contributed by atoms with Crippen LogP contribution in [0.25, 0.3) is 32.8 Å². The molecule has 7 nitrogen and oxygen atoms in total. The Bertz CT molecular complexity index is 1710. The lowest BCUT2D eigenvalue weighted by Crippen LogP contribution is -2.29. The van der Waals surface area contributed by atoms with Gasteiger partial charge in [0, 0.05) is 21.8 Å². The van der Waals surface area contributed by atoms with Gasteiger partial charge in [-0.3, -0.25) is 24.1 Å². The summed E-state index contributed by atoms with van der Waals surface area (Å²) in [6.07, 6.45) is 0. The molecule has 7 heteroatoms. The predicted molar refractivity (Wildman–Crippen MR) is 121 cm³/mol. The molecule has 0 fully saturated rings. The molecule has 1 aliphatic rings. The van der Waals surface area contributed by atoms with Crippen molar-refractivity contribution in [2.24, 2.45) is 0 Å². The van der Waals surface area contributed by atoms with Crippen LogP contribution in [0.4, 0.5) is 0 Å². The topological polar surface area (TPSA) is 103 Å². The molecular weight excluding hydrogens is 406 g/mol. The summed E-state index contributed by atoms with van der Waals surface area (Å²) in [5, 5.41) is 0.870. The van der Waals surface area contributed by atoms with Crippen LogP contribution >= 0.6 is 0 Å². The number of H-pyrrole nitrogens is 2. The smallest absolute Gasteiger partial charge is 0.261 e. The molecule has 0 saturated heterocycles. The number of imide groups is 1. The number of amides is 2. The average molecular weight is 421 g/mol. The van der Waals surface area contributed by atoms with E-state index in [1.807, 2.05) is 0 Å². The van der Waals surface area contributed by atoms with E-state index < -0.39 is 0 Å². The first-order valence-corrected chi connectivity index (χ1v) is 10.1. The van der Waals surface area contributed by atoms with Gasteiger partial charge in [0.05, 0.1) is 17.7 Å². The molecule has 3 aromatic carbocycles. The maximum absolute atomic E-state index is 13.2. The summed E-state index contributed by atoms with van der Waals surface area (Å²) in [5.41, 5.74) is 2.34. The van der Waals surface area contributed by atoms with E-state index >= 15 is 0 Å². The number of hydrogen-bond donors (Lipinski definition) is 2. The van der Waals surface area contributed by atoms with Crippen LogP contribution < -0.4 is 10.9 Å². The zero-order valence-corrected chi connectivity index (χ0v) is 16.6. The van der Waals surface area contributed by atoms with Crippen molar-refractivity contribution >= 4 is 44.7 Å². The number of carbonyl (C=O) groups is 2. The summed E-state index contributed by atoms with van der Waals surface area (Å²) < 4.78 is 0. The van der Waals surface area contributed by atoms with E-state index in [1.54, 1.807) is 66.7 Å². The molecule has 5 aromatic rings. The highest BCUT2D eigenvalue weighted by Crippen LogP contribution is 2.25. The lowest BCUT2D eigenvalue weighted by atomic mass is 10.1. The molecule has 154 valence electrons. The van der Waals surface area contributed by atoms with Crippen LogP contribution in [0, 0.1) is 0 Å². The number of nitrogens with zero attached hydrogens (tertiary/aromatic N) is 1. The largest absolute Gasteiger partial charge is 0.350 e. The highest BCUT2D eigenvalue weighted by molar-refractivity contribution is 6.21. The summed E-state index contributed by atoms with van der Waals surface area (Å²) in [7, 11) is 0. The number of pyridine rings is 2. The summed E-state index contributed by atoms with van der Waals surface area (Å²) in [6, 6.07) is 18.8. The van der Waals surface area contributed by atoms with Crippen molar-refractivity contribution in [1.29, 1.82) is 0 Å². The molecule has 0 saturated carbocycles. The first-order chi connectivity index (χ1) is 15.5. The highest BCUT2D eigenvalue weighted by Gasteiger charge is 2.35. The number of hydrogen-bond acceptors (Lipinski definition) is 4. The van der Waals surface area contributed by atoms with Gasteiger partial charge in [0.2, 0.25) is 10.9 Å². The minimum atomic E-state index is -0.353. The number of carbonyl (C=O) groups excluding carboxylic acids is 2. The lowest BCUT2D eigenvalue weighted by molar-refractivity contribution is 0.0642. The van der Waals surface area contributed by atoms with Gasteiger partial charge in [-0.1, -0.05) is 30.3 Å². The SMILES string of the molecule is O=C1c2ccccc2C(=O)N1Cc1ccc2[nH]c3c(=O)c4ccccc4[nH]c3c(=O)c2c1. The van der Waals surface area contributed by atoms with Gasteiger partial charge in [-0.2, -0.15) is 0 Å². The van der Waals surface area contributed by atoms with Crippen molar-refractivity contribution in [2.45, 2.75) is 6.54 Å². The third kappa shape index (κ3) is 2.48. The molecule has 2 aromatic heterocycles. The van der Waals surface area contributed by atoms with Gasteiger partial charge in [-0.25, -0.2) is 0 Å². The summed E-state index contributed by atoms with van der Waals surface area (Å²) in [5.74, 6) is -0.706. The van der Waals surface area contributed by atoms with Gasteiger partial charge in [0.1, 0.15) is 11.0 Å². The molecule has 2 N–H and O–H groups in total. The normalized spacial score (nSPS) is 13.4. The molecule has 0 aliphatic carbocycles. The van der Waals surface area contributed by atoms with Crippen molar-refractivity contribution in [2.75, 3.05) is 0 Å². The maximum Gasteiger partial charge on any atom is 0.261 e. The maximum atomic E-state index is 13.2. The molecule has 0 bridgehead atoms. The van der Waals surface area contributed by atoms with E-state index in [0.717, 1.165) is 0 Å². The Morgan fingerprint density at radius 3 is 1.88 bits per heavy atom. The van der Waals surface area contributed by atoms with Gasteiger partial charge in [-0.15, -0.1) is 0 Å². The number of nitrogens with one attached hydrogen (secondary N) is 2. The average Bonchev–Trinajstić information content (AvgIpc) is 3.06. The van der Waals surface area contributed by atoms with Gasteiger partial charge in [-0.05, 0) is 42.0 Å². The van der Waals surface area contributed by atoms with Crippen LogP contribution in [-0.4, -0.2) is 26.7 Å². The van der Waals surface area contributed by atoms with Crippen LogP contribution in [0.5, 0.6) is 0 Å². The molecule has 0 spiro atoms. The second kappa shape index (κ2) is 6.49. The lowest BCUT2D eigenvalue weighted by Gasteiger charge is -2.14. The molecular formula is C25H15N3O4. The van der Waals surface area contributed by atoms with E-state index in [4.69, 9.17) is 0 Å². The van der Waals surface area contributed by atoms with Gasteiger partial charge in [0.15, 0.2) is 0 Å². The Balaban J connectivity index is 1.49. The Hall–Kier alpha value is -4.52. The number of fused-ring (bicyclic) bond motifs is 4. The van der Waals surface area contributed by atoms with Crippen LogP contribution in [-0.2, 0) is 6.54 Å². The Morgan fingerprint density at radius 2 is 1.19 bits per heavy atom. The number of rotatable bonds is 2. The first kappa shape index (κ1) is 18.3. The fourth-order valence-electron chi connectivity index (χ4n) is 4.35. The molecule has 3 heterocycles. The van der Waals surface area contributed by atoms with Gasteiger partial charge >= 0.3 is 0 Å². The van der Waals surface area contributed by atoms with E-state index in [9.17, 15) is 19.2 Å². The third-order valence-corrected chi connectivity index (χ3v) is 5.94. The van der Waals surface area contributed by atoms with Crippen molar-refractivity contribution < 1.29 is 9.59 Å². The van der Waals surface area contributed by atoms with Crippen LogP contribution in [0.1, 0.15) is 26.3 Å². The monoisotopic (exact) mass is 421 g/mol. The number of aromatic nitrogens is 2. The minimum Gasteiger partial charge on any atom is -0.350 e. The molecule has 32 heavy (non-hydrogen) atoms. The van der Waals surface area contributed by atoms with Crippen molar-refractivity contribution in [3.8, 4) is 0 Å². The zero-order chi connectivity index (χ0) is 22.0. The molecule has 6 rings (SSSR count). The van der Waals surface area contributed by atoms with Crippen molar-refractivity contribution in [1.82, 2.24) is 14.9 Å². The van der Waals surface area contributed by atoms with E-state index in [1.165, 1.54) is 4.90 Å². The fourth-order valence-corrected chi connectivity index (χ4v) is 4.35. The van der Waals surface area contributed by atoms with E-state index in [0.29, 0.717) is 38.5 Å². The van der Waals surface area contributed by atoms with E-state index in [2.05, 4.69) is 9.97 Å². The van der Waals surface area contributed by atoms with Crippen LogP contribution in [0.2, 0.25) is 0 Å². The fraction of sp³-hybridized carbons (Fsp3) is 0.0400. The van der Waals surface area contributed by atoms with Gasteiger partial charge < -0.3 is 9.97 Å². The van der Waals surface area contributed by atoms with Crippen LogP contribution in [0.3, 0.4) is 0 Å². The molecule has 0 radical (unpaired) electrons. The molecule has 2 amide bonds. The molecule has 0 atom stereocenters.